The average Bonchev–Trinajstić information content (AvgIpc) is 2.29. The minimum atomic E-state index is 0.0252. The highest BCUT2D eigenvalue weighted by atomic mass is 16.5. The molecule has 0 saturated carbocycles. The lowest BCUT2D eigenvalue weighted by atomic mass is 10.0. The van der Waals surface area contributed by atoms with Crippen LogP contribution >= 0.6 is 0 Å². The summed E-state index contributed by atoms with van der Waals surface area (Å²) in [5.74, 6) is 1.32. The summed E-state index contributed by atoms with van der Waals surface area (Å²) in [4.78, 5) is 11.8. The predicted octanol–water partition coefficient (Wildman–Crippen LogP) is 1.41. The standard InChI is InChI=1S/C12H17NO3/c1-8-10(11(14)7-13-2)5-9(15-3)6-12(8)16-4/h5-6,13H,7H2,1-4H3. The summed E-state index contributed by atoms with van der Waals surface area (Å²) in [7, 11) is 4.88. The van der Waals surface area contributed by atoms with Gasteiger partial charge in [-0.15, -0.1) is 0 Å². The molecular formula is C12H17NO3. The highest BCUT2D eigenvalue weighted by Crippen LogP contribution is 2.28. The monoisotopic (exact) mass is 223 g/mol. The maximum absolute atomic E-state index is 11.8. The van der Waals surface area contributed by atoms with Gasteiger partial charge in [-0.1, -0.05) is 0 Å². The normalized spacial score (nSPS) is 10.0. The van der Waals surface area contributed by atoms with E-state index in [1.165, 1.54) is 0 Å². The van der Waals surface area contributed by atoms with Crippen LogP contribution in [0.1, 0.15) is 15.9 Å². The molecule has 0 unspecified atom stereocenters. The Kier molecular flexibility index (Phi) is 4.31. The van der Waals surface area contributed by atoms with Gasteiger partial charge in [0.2, 0.25) is 0 Å². The summed E-state index contributed by atoms with van der Waals surface area (Å²) in [5.41, 5.74) is 1.47. The Morgan fingerprint density at radius 2 is 2.00 bits per heavy atom. The van der Waals surface area contributed by atoms with Gasteiger partial charge in [0.15, 0.2) is 5.78 Å². The van der Waals surface area contributed by atoms with Crippen molar-refractivity contribution in [1.82, 2.24) is 5.32 Å². The van der Waals surface area contributed by atoms with E-state index in [2.05, 4.69) is 5.32 Å². The third-order valence-corrected chi connectivity index (χ3v) is 2.43. The molecule has 0 atom stereocenters. The van der Waals surface area contributed by atoms with Crippen LogP contribution in [0.15, 0.2) is 12.1 Å². The molecule has 4 heteroatoms. The number of Topliss-reactive ketones (excluding diaryl/α,β-unsaturated/α-hetero) is 1. The van der Waals surface area contributed by atoms with Gasteiger partial charge in [-0.2, -0.15) is 0 Å². The van der Waals surface area contributed by atoms with Gasteiger partial charge in [-0.05, 0) is 20.0 Å². The molecule has 0 bridgehead atoms. The third kappa shape index (κ3) is 2.52. The van der Waals surface area contributed by atoms with E-state index >= 15 is 0 Å². The smallest absolute Gasteiger partial charge is 0.177 e. The van der Waals surface area contributed by atoms with E-state index in [4.69, 9.17) is 9.47 Å². The predicted molar refractivity (Wildman–Crippen MR) is 62.5 cm³/mol. The molecule has 1 N–H and O–H groups in total. The van der Waals surface area contributed by atoms with E-state index in [1.54, 1.807) is 33.4 Å². The van der Waals surface area contributed by atoms with E-state index in [9.17, 15) is 4.79 Å². The van der Waals surface area contributed by atoms with Crippen LogP contribution in [0.5, 0.6) is 11.5 Å². The number of carbonyl (C=O) groups excluding carboxylic acids is 1. The topological polar surface area (TPSA) is 47.6 Å². The largest absolute Gasteiger partial charge is 0.497 e. The van der Waals surface area contributed by atoms with Gasteiger partial charge in [0, 0.05) is 17.2 Å². The van der Waals surface area contributed by atoms with E-state index in [-0.39, 0.29) is 5.78 Å². The lowest BCUT2D eigenvalue weighted by Gasteiger charge is -2.12. The van der Waals surface area contributed by atoms with E-state index < -0.39 is 0 Å². The number of likely N-dealkylation sites (N-methyl/N-ethyl adjacent to an activating group) is 1. The maximum Gasteiger partial charge on any atom is 0.177 e. The van der Waals surface area contributed by atoms with Crippen molar-refractivity contribution in [3.8, 4) is 11.5 Å². The third-order valence-electron chi connectivity index (χ3n) is 2.43. The Morgan fingerprint density at radius 3 is 2.50 bits per heavy atom. The van der Waals surface area contributed by atoms with Crippen molar-refractivity contribution in [3.63, 3.8) is 0 Å². The lowest BCUT2D eigenvalue weighted by molar-refractivity contribution is 0.0992. The van der Waals surface area contributed by atoms with Crippen LogP contribution < -0.4 is 14.8 Å². The second-order valence-corrected chi connectivity index (χ2v) is 3.46. The summed E-state index contributed by atoms with van der Waals surface area (Å²) in [6.07, 6.45) is 0. The minimum absolute atomic E-state index is 0.0252. The average molecular weight is 223 g/mol. The molecule has 0 aromatic heterocycles. The van der Waals surface area contributed by atoms with Crippen molar-refractivity contribution in [1.29, 1.82) is 0 Å². The molecule has 0 aliphatic carbocycles. The number of rotatable bonds is 5. The number of ketones is 1. The SMILES string of the molecule is CNCC(=O)c1cc(OC)cc(OC)c1C. The van der Waals surface area contributed by atoms with Gasteiger partial charge in [0.25, 0.3) is 0 Å². The first-order valence-electron chi connectivity index (χ1n) is 5.04. The van der Waals surface area contributed by atoms with Crippen LogP contribution in [-0.4, -0.2) is 33.6 Å². The first kappa shape index (κ1) is 12.5. The van der Waals surface area contributed by atoms with Gasteiger partial charge in [0.05, 0.1) is 20.8 Å². The van der Waals surface area contributed by atoms with Crippen LogP contribution in [0, 0.1) is 6.92 Å². The fourth-order valence-electron chi connectivity index (χ4n) is 1.54. The van der Waals surface area contributed by atoms with Crippen LogP contribution in [-0.2, 0) is 0 Å². The van der Waals surface area contributed by atoms with Gasteiger partial charge in [-0.25, -0.2) is 0 Å². The second kappa shape index (κ2) is 5.51. The number of methoxy groups -OCH3 is 2. The zero-order chi connectivity index (χ0) is 12.1. The molecule has 0 fully saturated rings. The summed E-state index contributed by atoms with van der Waals surface area (Å²) in [5, 5.41) is 2.84. The lowest BCUT2D eigenvalue weighted by Crippen LogP contribution is -2.19. The number of benzene rings is 1. The second-order valence-electron chi connectivity index (χ2n) is 3.46. The molecule has 0 spiro atoms. The van der Waals surface area contributed by atoms with Crippen LogP contribution in [0.2, 0.25) is 0 Å². The Balaban J connectivity index is 3.20. The summed E-state index contributed by atoms with van der Waals surface area (Å²) < 4.78 is 10.3. The molecule has 0 radical (unpaired) electrons. The zero-order valence-corrected chi connectivity index (χ0v) is 10.1. The summed E-state index contributed by atoms with van der Waals surface area (Å²) in [6.45, 7) is 2.17. The minimum Gasteiger partial charge on any atom is -0.497 e. The number of hydrogen-bond acceptors (Lipinski definition) is 4. The molecule has 16 heavy (non-hydrogen) atoms. The Labute approximate surface area is 95.6 Å². The van der Waals surface area contributed by atoms with E-state index in [0.717, 1.165) is 5.56 Å². The first-order valence-corrected chi connectivity index (χ1v) is 5.04. The van der Waals surface area contributed by atoms with E-state index in [1.807, 2.05) is 6.92 Å². The molecular weight excluding hydrogens is 206 g/mol. The Hall–Kier alpha value is -1.55. The van der Waals surface area contributed by atoms with Gasteiger partial charge < -0.3 is 14.8 Å². The summed E-state index contributed by atoms with van der Waals surface area (Å²) in [6, 6.07) is 3.50. The molecule has 4 nitrogen and oxygen atoms in total. The molecule has 0 aliphatic heterocycles. The number of nitrogens with one attached hydrogen (secondary N) is 1. The summed E-state index contributed by atoms with van der Waals surface area (Å²) >= 11 is 0. The van der Waals surface area contributed by atoms with Crippen LogP contribution in [0.25, 0.3) is 0 Å². The Bertz CT molecular complexity index is 388. The molecule has 1 aromatic rings. The molecule has 0 heterocycles. The van der Waals surface area contributed by atoms with E-state index in [0.29, 0.717) is 23.6 Å². The molecule has 1 aromatic carbocycles. The number of hydrogen-bond donors (Lipinski definition) is 1. The maximum atomic E-state index is 11.8. The zero-order valence-electron chi connectivity index (χ0n) is 10.1. The van der Waals surface area contributed by atoms with Crippen LogP contribution in [0.3, 0.4) is 0 Å². The first-order chi connectivity index (χ1) is 7.63. The van der Waals surface area contributed by atoms with Crippen molar-refractivity contribution in [2.45, 2.75) is 6.92 Å². The molecule has 0 saturated heterocycles. The fraction of sp³-hybridized carbons (Fsp3) is 0.417. The Morgan fingerprint density at radius 1 is 1.31 bits per heavy atom. The van der Waals surface area contributed by atoms with Crippen molar-refractivity contribution < 1.29 is 14.3 Å². The van der Waals surface area contributed by atoms with Crippen molar-refractivity contribution in [2.75, 3.05) is 27.8 Å². The highest BCUT2D eigenvalue weighted by Gasteiger charge is 2.14. The molecule has 0 amide bonds. The fourth-order valence-corrected chi connectivity index (χ4v) is 1.54. The molecule has 0 aliphatic rings. The van der Waals surface area contributed by atoms with Crippen molar-refractivity contribution >= 4 is 5.78 Å². The quantitative estimate of drug-likeness (QED) is 0.767. The van der Waals surface area contributed by atoms with Gasteiger partial charge in [0.1, 0.15) is 11.5 Å². The van der Waals surface area contributed by atoms with Gasteiger partial charge >= 0.3 is 0 Å². The molecule has 1 rings (SSSR count). The van der Waals surface area contributed by atoms with Crippen molar-refractivity contribution in [2.24, 2.45) is 0 Å². The number of ether oxygens (including phenoxy) is 2. The van der Waals surface area contributed by atoms with Crippen molar-refractivity contribution in [3.05, 3.63) is 23.3 Å². The molecule has 88 valence electrons. The van der Waals surface area contributed by atoms with Gasteiger partial charge in [-0.3, -0.25) is 4.79 Å². The number of carbonyl (C=O) groups is 1. The van der Waals surface area contributed by atoms with Crippen LogP contribution in [0.4, 0.5) is 0 Å². The highest BCUT2D eigenvalue weighted by molar-refractivity contribution is 5.99.